The molecular weight excluding hydrogens is 450 g/mol. The summed E-state index contributed by atoms with van der Waals surface area (Å²) in [5.74, 6) is 1.91. The summed E-state index contributed by atoms with van der Waals surface area (Å²) in [5, 5.41) is 13.4. The van der Waals surface area contributed by atoms with E-state index < -0.39 is 0 Å². The molecule has 0 atom stereocenters. The Morgan fingerprint density at radius 3 is 2.70 bits per heavy atom. The van der Waals surface area contributed by atoms with E-state index in [2.05, 4.69) is 37.3 Å². The van der Waals surface area contributed by atoms with E-state index in [0.717, 1.165) is 25.0 Å². The fraction of sp³-hybridized carbons (Fsp3) is 0.273. The molecule has 1 aromatic heterocycles. The second-order valence-electron chi connectivity index (χ2n) is 6.91. The average Bonchev–Trinajstić information content (AvgIpc) is 2.76. The quantitative estimate of drug-likeness (QED) is 0.499. The van der Waals surface area contributed by atoms with Crippen molar-refractivity contribution >= 4 is 27.4 Å². The molecule has 8 heteroatoms. The molecule has 2 N–H and O–H groups in total. The van der Waals surface area contributed by atoms with E-state index in [4.69, 9.17) is 14.2 Å². The standard InChI is InChI=1S/C22H22BrN3O4/c1-28-19-11-14(10-17(27)20(19)29-2)25-21-16(23)12-24-22(26-21)30-18-9-5-7-13-6-3-4-8-15(13)18/h5,7,9-12,27H,3-4,6,8H2,1-2H3,(H,24,25,26). The first kappa shape index (κ1) is 20.3. The number of aromatic nitrogens is 2. The van der Waals surface area contributed by atoms with Crippen LogP contribution in [0.15, 0.2) is 41.0 Å². The molecule has 0 saturated heterocycles. The van der Waals surface area contributed by atoms with Crippen molar-refractivity contribution in [3.63, 3.8) is 0 Å². The van der Waals surface area contributed by atoms with Crippen molar-refractivity contribution in [2.45, 2.75) is 25.7 Å². The summed E-state index contributed by atoms with van der Waals surface area (Å²) < 4.78 is 17.1. The highest BCUT2D eigenvalue weighted by Crippen LogP contribution is 2.40. The van der Waals surface area contributed by atoms with Gasteiger partial charge in [0, 0.05) is 17.8 Å². The second kappa shape index (κ2) is 8.79. The number of anilines is 2. The maximum atomic E-state index is 10.2. The molecule has 1 aliphatic rings. The summed E-state index contributed by atoms with van der Waals surface area (Å²) in [7, 11) is 2.98. The van der Waals surface area contributed by atoms with E-state index >= 15 is 0 Å². The van der Waals surface area contributed by atoms with Crippen LogP contribution in [-0.2, 0) is 12.8 Å². The molecule has 0 radical (unpaired) electrons. The lowest BCUT2D eigenvalue weighted by Gasteiger charge is -2.19. The number of nitrogens with one attached hydrogen (secondary N) is 1. The largest absolute Gasteiger partial charge is 0.504 e. The number of phenols is 1. The first-order valence-electron chi connectivity index (χ1n) is 9.62. The van der Waals surface area contributed by atoms with Crippen LogP contribution in [0.3, 0.4) is 0 Å². The fourth-order valence-electron chi connectivity index (χ4n) is 3.58. The van der Waals surface area contributed by atoms with Crippen molar-refractivity contribution in [1.82, 2.24) is 9.97 Å². The Bertz CT molecular complexity index is 1070. The molecule has 0 unspecified atom stereocenters. The number of nitrogens with zero attached hydrogens (tertiary/aromatic N) is 2. The minimum absolute atomic E-state index is 0.0445. The van der Waals surface area contributed by atoms with Crippen LogP contribution >= 0.6 is 15.9 Å². The third kappa shape index (κ3) is 4.14. The van der Waals surface area contributed by atoms with Crippen molar-refractivity contribution in [3.05, 3.63) is 52.1 Å². The maximum absolute atomic E-state index is 10.2. The van der Waals surface area contributed by atoms with Crippen molar-refractivity contribution in [2.75, 3.05) is 19.5 Å². The van der Waals surface area contributed by atoms with Gasteiger partial charge in [0.15, 0.2) is 17.3 Å². The number of fused-ring (bicyclic) bond motifs is 1. The number of rotatable bonds is 6. The van der Waals surface area contributed by atoms with Gasteiger partial charge in [0.05, 0.1) is 24.9 Å². The van der Waals surface area contributed by atoms with Gasteiger partial charge < -0.3 is 24.6 Å². The van der Waals surface area contributed by atoms with E-state index in [-0.39, 0.29) is 17.5 Å². The van der Waals surface area contributed by atoms with Gasteiger partial charge in [0.2, 0.25) is 5.75 Å². The molecule has 0 spiro atoms. The molecule has 7 nitrogen and oxygen atoms in total. The molecule has 0 aliphatic heterocycles. The summed E-state index contributed by atoms with van der Waals surface area (Å²) in [6.45, 7) is 0. The van der Waals surface area contributed by atoms with Crippen LogP contribution in [0.4, 0.5) is 11.5 Å². The minimum atomic E-state index is -0.0445. The van der Waals surface area contributed by atoms with Gasteiger partial charge in [-0.3, -0.25) is 0 Å². The predicted molar refractivity (Wildman–Crippen MR) is 117 cm³/mol. The highest BCUT2D eigenvalue weighted by Gasteiger charge is 2.17. The van der Waals surface area contributed by atoms with E-state index in [9.17, 15) is 5.11 Å². The number of methoxy groups -OCH3 is 2. The monoisotopic (exact) mass is 471 g/mol. The molecule has 1 heterocycles. The van der Waals surface area contributed by atoms with Crippen LogP contribution in [0.1, 0.15) is 24.0 Å². The number of halogens is 1. The van der Waals surface area contributed by atoms with Crippen LogP contribution in [0.25, 0.3) is 0 Å². The van der Waals surface area contributed by atoms with E-state index in [1.165, 1.54) is 37.8 Å². The minimum Gasteiger partial charge on any atom is -0.504 e. The lowest BCUT2D eigenvalue weighted by molar-refractivity contribution is 0.333. The summed E-state index contributed by atoms with van der Waals surface area (Å²) in [6, 6.07) is 9.59. The maximum Gasteiger partial charge on any atom is 0.323 e. The van der Waals surface area contributed by atoms with Gasteiger partial charge in [-0.1, -0.05) is 12.1 Å². The van der Waals surface area contributed by atoms with Gasteiger partial charge in [-0.2, -0.15) is 4.98 Å². The molecule has 0 saturated carbocycles. The van der Waals surface area contributed by atoms with E-state index in [1.54, 1.807) is 12.3 Å². The fourth-order valence-corrected chi connectivity index (χ4v) is 3.87. The molecule has 3 aromatic rings. The lowest BCUT2D eigenvalue weighted by atomic mass is 9.91. The first-order chi connectivity index (χ1) is 14.6. The summed E-state index contributed by atoms with van der Waals surface area (Å²) in [4.78, 5) is 8.78. The van der Waals surface area contributed by atoms with E-state index in [0.29, 0.717) is 21.7 Å². The molecule has 30 heavy (non-hydrogen) atoms. The van der Waals surface area contributed by atoms with Crippen LogP contribution in [0.5, 0.6) is 29.0 Å². The smallest absolute Gasteiger partial charge is 0.323 e. The normalized spacial score (nSPS) is 12.8. The third-order valence-electron chi connectivity index (χ3n) is 5.00. The van der Waals surface area contributed by atoms with E-state index in [1.807, 2.05) is 12.1 Å². The highest BCUT2D eigenvalue weighted by molar-refractivity contribution is 9.10. The molecule has 0 amide bonds. The number of ether oxygens (including phenoxy) is 3. The van der Waals surface area contributed by atoms with Gasteiger partial charge >= 0.3 is 6.01 Å². The van der Waals surface area contributed by atoms with Gasteiger partial charge in [-0.25, -0.2) is 4.98 Å². The molecule has 0 bridgehead atoms. The summed E-state index contributed by atoms with van der Waals surface area (Å²) in [5.41, 5.74) is 3.14. The first-order valence-corrected chi connectivity index (χ1v) is 10.4. The van der Waals surface area contributed by atoms with Crippen LogP contribution in [0, 0.1) is 0 Å². The van der Waals surface area contributed by atoms with Crippen molar-refractivity contribution in [2.24, 2.45) is 0 Å². The molecular formula is C22H22BrN3O4. The topological polar surface area (TPSA) is 85.7 Å². The van der Waals surface area contributed by atoms with Crippen molar-refractivity contribution < 1.29 is 19.3 Å². The Hall–Kier alpha value is -3.00. The average molecular weight is 472 g/mol. The Labute approximate surface area is 183 Å². The lowest BCUT2D eigenvalue weighted by Crippen LogP contribution is -2.05. The molecule has 2 aromatic carbocycles. The predicted octanol–water partition coefficient (Wildman–Crippen LogP) is 5.38. The Morgan fingerprint density at radius 1 is 1.07 bits per heavy atom. The number of phenolic OH excluding ortho intramolecular Hbond substituents is 1. The Morgan fingerprint density at radius 2 is 1.90 bits per heavy atom. The van der Waals surface area contributed by atoms with Gasteiger partial charge in [-0.15, -0.1) is 0 Å². The molecule has 0 fully saturated rings. The third-order valence-corrected chi connectivity index (χ3v) is 5.58. The van der Waals surface area contributed by atoms with Crippen molar-refractivity contribution in [1.29, 1.82) is 0 Å². The number of hydrogen-bond acceptors (Lipinski definition) is 7. The second-order valence-corrected chi connectivity index (χ2v) is 7.76. The Balaban J connectivity index is 1.61. The highest BCUT2D eigenvalue weighted by atomic mass is 79.9. The van der Waals surface area contributed by atoms with Gasteiger partial charge in [0.25, 0.3) is 0 Å². The molecule has 1 aliphatic carbocycles. The Kier molecular flexibility index (Phi) is 5.94. The number of aryl methyl sites for hydroxylation is 1. The SMILES string of the molecule is COc1cc(Nc2nc(Oc3cccc4c3CCCC4)ncc2Br)cc(O)c1OC. The summed E-state index contributed by atoms with van der Waals surface area (Å²) >= 11 is 3.45. The van der Waals surface area contributed by atoms with Gasteiger partial charge in [-0.05, 0) is 58.8 Å². The van der Waals surface area contributed by atoms with Crippen LogP contribution < -0.4 is 19.5 Å². The zero-order valence-electron chi connectivity index (χ0n) is 16.7. The summed E-state index contributed by atoms with van der Waals surface area (Å²) in [6.07, 6.45) is 6.06. The van der Waals surface area contributed by atoms with Crippen LogP contribution in [-0.4, -0.2) is 29.3 Å². The molecule has 4 rings (SSSR count). The zero-order chi connectivity index (χ0) is 21.1. The van der Waals surface area contributed by atoms with Gasteiger partial charge in [0.1, 0.15) is 5.75 Å². The number of benzene rings is 2. The number of aromatic hydroxyl groups is 1. The van der Waals surface area contributed by atoms with Crippen molar-refractivity contribution in [3.8, 4) is 29.0 Å². The van der Waals surface area contributed by atoms with Crippen LogP contribution in [0.2, 0.25) is 0 Å². The zero-order valence-corrected chi connectivity index (χ0v) is 18.3. The number of hydrogen-bond donors (Lipinski definition) is 2. The molecule has 156 valence electrons.